The number of aromatic nitrogens is 2. The molecule has 0 fully saturated rings. The number of aliphatic carboxylic acids is 1. The fourth-order valence-electron chi connectivity index (χ4n) is 1.07. The van der Waals surface area contributed by atoms with Gasteiger partial charge in [0.25, 0.3) is 5.56 Å². The average molecular weight is 196 g/mol. The molecule has 0 aliphatic rings. The fraction of sp³-hybridized carbons (Fsp3) is 0.444. The van der Waals surface area contributed by atoms with E-state index in [9.17, 15) is 9.59 Å². The van der Waals surface area contributed by atoms with Gasteiger partial charge in [-0.15, -0.1) is 0 Å². The number of hydrogen-bond acceptors (Lipinski definition) is 3. The SMILES string of the molecule is Cc1cnn(CCCC(=O)O)c(=O)c1. The second-order valence-corrected chi connectivity index (χ2v) is 3.09. The highest BCUT2D eigenvalue weighted by molar-refractivity contribution is 5.66. The van der Waals surface area contributed by atoms with Crippen LogP contribution in [0.2, 0.25) is 0 Å². The van der Waals surface area contributed by atoms with Crippen LogP contribution in [0.5, 0.6) is 0 Å². The van der Waals surface area contributed by atoms with Crippen molar-refractivity contribution < 1.29 is 9.90 Å². The Morgan fingerprint density at radius 1 is 1.64 bits per heavy atom. The molecule has 1 N–H and O–H groups in total. The normalized spacial score (nSPS) is 10.1. The van der Waals surface area contributed by atoms with Crippen molar-refractivity contribution in [2.45, 2.75) is 26.3 Å². The molecule has 76 valence electrons. The lowest BCUT2D eigenvalue weighted by Crippen LogP contribution is -2.22. The van der Waals surface area contributed by atoms with Crippen LogP contribution >= 0.6 is 0 Å². The lowest BCUT2D eigenvalue weighted by molar-refractivity contribution is -0.137. The van der Waals surface area contributed by atoms with Crippen molar-refractivity contribution in [3.8, 4) is 0 Å². The van der Waals surface area contributed by atoms with E-state index in [1.165, 1.54) is 10.7 Å². The molecular formula is C9H12N2O3. The summed E-state index contributed by atoms with van der Waals surface area (Å²) in [7, 11) is 0. The molecule has 1 aromatic rings. The van der Waals surface area contributed by atoms with E-state index in [-0.39, 0.29) is 12.0 Å². The van der Waals surface area contributed by atoms with Gasteiger partial charge in [-0.05, 0) is 18.9 Å². The highest BCUT2D eigenvalue weighted by atomic mass is 16.4. The third kappa shape index (κ3) is 3.01. The summed E-state index contributed by atoms with van der Waals surface area (Å²) >= 11 is 0. The summed E-state index contributed by atoms with van der Waals surface area (Å²) in [6.45, 7) is 2.14. The van der Waals surface area contributed by atoms with Crippen LogP contribution in [0.4, 0.5) is 0 Å². The number of hydrogen-bond donors (Lipinski definition) is 1. The lowest BCUT2D eigenvalue weighted by atomic mass is 10.3. The van der Waals surface area contributed by atoms with E-state index in [2.05, 4.69) is 5.10 Å². The summed E-state index contributed by atoms with van der Waals surface area (Å²) in [5.41, 5.74) is 0.625. The third-order valence-electron chi connectivity index (χ3n) is 1.77. The number of nitrogens with zero attached hydrogens (tertiary/aromatic N) is 2. The molecule has 0 unspecified atom stereocenters. The number of rotatable bonds is 4. The number of carboxylic acid groups (broad SMARTS) is 1. The molecule has 5 nitrogen and oxygen atoms in total. The second kappa shape index (κ2) is 4.55. The monoisotopic (exact) mass is 196 g/mol. The Bertz CT molecular complexity index is 384. The minimum Gasteiger partial charge on any atom is -0.481 e. The second-order valence-electron chi connectivity index (χ2n) is 3.09. The van der Waals surface area contributed by atoms with Gasteiger partial charge in [0.2, 0.25) is 0 Å². The zero-order valence-electron chi connectivity index (χ0n) is 7.93. The minimum absolute atomic E-state index is 0.0575. The van der Waals surface area contributed by atoms with Gasteiger partial charge in [-0.25, -0.2) is 4.68 Å². The topological polar surface area (TPSA) is 72.2 Å². The first-order valence-corrected chi connectivity index (χ1v) is 4.35. The van der Waals surface area contributed by atoms with Gasteiger partial charge in [-0.3, -0.25) is 9.59 Å². The summed E-state index contributed by atoms with van der Waals surface area (Å²) in [4.78, 5) is 21.5. The Hall–Kier alpha value is -1.65. The van der Waals surface area contributed by atoms with Gasteiger partial charge in [0.15, 0.2) is 0 Å². The summed E-state index contributed by atoms with van der Waals surface area (Å²) in [6.07, 6.45) is 2.06. The largest absolute Gasteiger partial charge is 0.481 e. The van der Waals surface area contributed by atoms with Crippen LogP contribution in [0, 0.1) is 6.92 Å². The molecule has 0 radical (unpaired) electrons. The first-order valence-electron chi connectivity index (χ1n) is 4.35. The first kappa shape index (κ1) is 10.4. The Morgan fingerprint density at radius 2 is 2.36 bits per heavy atom. The zero-order valence-corrected chi connectivity index (χ0v) is 7.93. The van der Waals surface area contributed by atoms with Crippen LogP contribution in [0.3, 0.4) is 0 Å². The van der Waals surface area contributed by atoms with E-state index in [1.54, 1.807) is 13.1 Å². The zero-order chi connectivity index (χ0) is 10.6. The summed E-state index contributed by atoms with van der Waals surface area (Å²) in [6, 6.07) is 1.48. The maximum Gasteiger partial charge on any atom is 0.303 e. The minimum atomic E-state index is -0.856. The van der Waals surface area contributed by atoms with Crippen LogP contribution in [-0.2, 0) is 11.3 Å². The van der Waals surface area contributed by atoms with Crippen molar-refractivity contribution in [1.82, 2.24) is 9.78 Å². The Kier molecular flexibility index (Phi) is 3.39. The molecule has 1 rings (SSSR count). The molecule has 0 saturated heterocycles. The van der Waals surface area contributed by atoms with Crippen molar-refractivity contribution in [1.29, 1.82) is 0 Å². The highest BCUT2D eigenvalue weighted by Crippen LogP contribution is 1.92. The van der Waals surface area contributed by atoms with E-state index in [0.29, 0.717) is 13.0 Å². The van der Waals surface area contributed by atoms with Crippen LogP contribution in [0.25, 0.3) is 0 Å². The number of carbonyl (C=O) groups is 1. The van der Waals surface area contributed by atoms with E-state index in [4.69, 9.17) is 5.11 Å². The maximum atomic E-state index is 11.3. The van der Waals surface area contributed by atoms with E-state index in [1.807, 2.05) is 0 Å². The van der Waals surface area contributed by atoms with E-state index < -0.39 is 5.97 Å². The molecule has 0 amide bonds. The van der Waals surface area contributed by atoms with Gasteiger partial charge < -0.3 is 5.11 Å². The van der Waals surface area contributed by atoms with Gasteiger partial charge in [0, 0.05) is 19.0 Å². The van der Waals surface area contributed by atoms with Crippen molar-refractivity contribution in [3.05, 3.63) is 28.2 Å². The third-order valence-corrected chi connectivity index (χ3v) is 1.77. The molecule has 0 aliphatic carbocycles. The Labute approximate surface area is 81.0 Å². The predicted molar refractivity (Wildman–Crippen MR) is 50.1 cm³/mol. The first-order chi connectivity index (χ1) is 6.59. The van der Waals surface area contributed by atoms with Gasteiger partial charge in [-0.2, -0.15) is 5.10 Å². The van der Waals surface area contributed by atoms with Crippen molar-refractivity contribution >= 4 is 5.97 Å². The van der Waals surface area contributed by atoms with E-state index in [0.717, 1.165) is 5.56 Å². The fourth-order valence-corrected chi connectivity index (χ4v) is 1.07. The van der Waals surface area contributed by atoms with Crippen molar-refractivity contribution in [2.24, 2.45) is 0 Å². The van der Waals surface area contributed by atoms with Crippen molar-refractivity contribution in [2.75, 3.05) is 0 Å². The molecule has 0 spiro atoms. The van der Waals surface area contributed by atoms with Gasteiger partial charge >= 0.3 is 5.97 Å². The molecule has 0 aliphatic heterocycles. The molecule has 0 bridgehead atoms. The summed E-state index contributed by atoms with van der Waals surface area (Å²) < 4.78 is 1.27. The van der Waals surface area contributed by atoms with E-state index >= 15 is 0 Å². The standard InChI is InChI=1S/C9H12N2O3/c1-7-5-8(12)11(10-6-7)4-2-3-9(13)14/h5-6H,2-4H2,1H3,(H,13,14). The average Bonchev–Trinajstić information content (AvgIpc) is 2.08. The molecule has 0 atom stereocenters. The van der Waals surface area contributed by atoms with Crippen LogP contribution < -0.4 is 5.56 Å². The molecule has 0 aromatic carbocycles. The smallest absolute Gasteiger partial charge is 0.303 e. The van der Waals surface area contributed by atoms with Crippen LogP contribution in [0.15, 0.2) is 17.1 Å². The van der Waals surface area contributed by atoms with Gasteiger partial charge in [0.05, 0.1) is 6.20 Å². The molecule has 1 aromatic heterocycles. The molecule has 0 saturated carbocycles. The quantitative estimate of drug-likeness (QED) is 0.757. The molecular weight excluding hydrogens is 184 g/mol. The Balaban J connectivity index is 2.59. The lowest BCUT2D eigenvalue weighted by Gasteiger charge is -2.02. The van der Waals surface area contributed by atoms with Crippen LogP contribution in [0.1, 0.15) is 18.4 Å². The number of carboxylic acids is 1. The molecule has 5 heteroatoms. The molecule has 14 heavy (non-hydrogen) atoms. The Morgan fingerprint density at radius 3 is 2.93 bits per heavy atom. The maximum absolute atomic E-state index is 11.3. The highest BCUT2D eigenvalue weighted by Gasteiger charge is 2.00. The molecule has 1 heterocycles. The van der Waals surface area contributed by atoms with Gasteiger partial charge in [-0.1, -0.05) is 0 Å². The summed E-state index contributed by atoms with van der Waals surface area (Å²) in [5, 5.41) is 12.3. The predicted octanol–water partition coefficient (Wildman–Crippen LogP) is 0.417. The van der Waals surface area contributed by atoms with Crippen LogP contribution in [-0.4, -0.2) is 20.9 Å². The van der Waals surface area contributed by atoms with Gasteiger partial charge in [0.1, 0.15) is 0 Å². The summed E-state index contributed by atoms with van der Waals surface area (Å²) in [5.74, 6) is -0.856. The number of aryl methyl sites for hydroxylation is 2. The van der Waals surface area contributed by atoms with Crippen molar-refractivity contribution in [3.63, 3.8) is 0 Å².